The second-order valence-electron chi connectivity index (χ2n) is 6.35. The fourth-order valence-corrected chi connectivity index (χ4v) is 2.59. The van der Waals surface area contributed by atoms with E-state index in [1.807, 2.05) is 0 Å². The number of nitrogens with two attached hydrogens (primary N) is 1. The lowest BCUT2D eigenvalue weighted by atomic mass is 10.0. The Morgan fingerprint density at radius 1 is 1.15 bits per heavy atom. The van der Waals surface area contributed by atoms with E-state index in [0.717, 1.165) is 25.6 Å². The summed E-state index contributed by atoms with van der Waals surface area (Å²) in [5.74, 6) is 1.44. The van der Waals surface area contributed by atoms with Crippen LogP contribution in [0.15, 0.2) is 4.99 Å². The van der Waals surface area contributed by atoms with Gasteiger partial charge in [-0.25, -0.2) is 0 Å². The van der Waals surface area contributed by atoms with Gasteiger partial charge in [-0.1, -0.05) is 26.7 Å². The number of likely N-dealkylation sites (tertiary alicyclic amines) is 1. The molecule has 0 aliphatic carbocycles. The highest BCUT2D eigenvalue weighted by atomic mass is 127. The van der Waals surface area contributed by atoms with Gasteiger partial charge >= 0.3 is 0 Å². The Hall–Kier alpha value is -0.0400. The Morgan fingerprint density at radius 2 is 1.70 bits per heavy atom. The summed E-state index contributed by atoms with van der Waals surface area (Å²) in [4.78, 5) is 9.16. The van der Waals surface area contributed by atoms with E-state index in [1.54, 1.807) is 0 Å². The molecule has 0 saturated carbocycles. The molecule has 4 nitrogen and oxygen atoms in total. The molecule has 1 rings (SSSR count). The zero-order chi connectivity index (χ0) is 14.3. The molecule has 1 saturated heterocycles. The monoisotopic (exact) mass is 396 g/mol. The minimum absolute atomic E-state index is 0. The number of hydrogen-bond donors (Lipinski definition) is 1. The maximum Gasteiger partial charge on any atom is 0.191 e. The maximum atomic E-state index is 6.15. The Labute approximate surface area is 142 Å². The van der Waals surface area contributed by atoms with Crippen LogP contribution in [-0.2, 0) is 0 Å². The van der Waals surface area contributed by atoms with E-state index in [1.165, 1.54) is 32.1 Å². The highest BCUT2D eigenvalue weighted by molar-refractivity contribution is 14.0. The quantitative estimate of drug-likeness (QED) is 0.442. The van der Waals surface area contributed by atoms with Crippen LogP contribution in [0.2, 0.25) is 0 Å². The van der Waals surface area contributed by atoms with Gasteiger partial charge < -0.3 is 15.5 Å². The molecule has 0 spiro atoms. The third-order valence-corrected chi connectivity index (χ3v) is 3.87. The van der Waals surface area contributed by atoms with Gasteiger partial charge in [0.05, 0.1) is 6.54 Å². The van der Waals surface area contributed by atoms with Crippen molar-refractivity contribution in [3.63, 3.8) is 0 Å². The number of nitrogens with zero attached hydrogens (tertiary/aromatic N) is 3. The van der Waals surface area contributed by atoms with Gasteiger partial charge in [-0.05, 0) is 39.3 Å². The third-order valence-electron chi connectivity index (χ3n) is 3.87. The van der Waals surface area contributed by atoms with E-state index >= 15 is 0 Å². The first-order valence-electron chi connectivity index (χ1n) is 7.72. The van der Waals surface area contributed by atoms with Crippen molar-refractivity contribution in [1.29, 1.82) is 0 Å². The van der Waals surface area contributed by atoms with E-state index in [0.29, 0.717) is 12.0 Å². The average Bonchev–Trinajstić information content (AvgIpc) is 2.62. The van der Waals surface area contributed by atoms with Crippen molar-refractivity contribution in [2.24, 2.45) is 16.6 Å². The summed E-state index contributed by atoms with van der Waals surface area (Å²) in [6, 6.07) is 0.491. The largest absolute Gasteiger partial charge is 0.370 e. The molecule has 0 bridgehead atoms. The van der Waals surface area contributed by atoms with E-state index in [-0.39, 0.29) is 24.0 Å². The van der Waals surface area contributed by atoms with Crippen molar-refractivity contribution in [2.45, 2.75) is 52.0 Å². The first-order valence-corrected chi connectivity index (χ1v) is 7.72. The lowest BCUT2D eigenvalue weighted by molar-refractivity contribution is 0.260. The predicted molar refractivity (Wildman–Crippen MR) is 98.9 cm³/mol. The second-order valence-corrected chi connectivity index (χ2v) is 6.35. The van der Waals surface area contributed by atoms with E-state index in [9.17, 15) is 0 Å². The van der Waals surface area contributed by atoms with E-state index in [4.69, 9.17) is 5.73 Å². The van der Waals surface area contributed by atoms with Crippen LogP contribution in [0.4, 0.5) is 0 Å². The lowest BCUT2D eigenvalue weighted by Gasteiger charge is -2.26. The molecule has 0 aromatic rings. The molecular weight excluding hydrogens is 363 g/mol. The standard InChI is InChI=1S/C15H32N4.HI/c1-13(2)11-14(18(3)4)12-17-15(16)19-9-7-5-6-8-10-19;/h13-14H,5-12H2,1-4H3,(H2,16,17);1H. The van der Waals surface area contributed by atoms with Crippen LogP contribution in [0.25, 0.3) is 0 Å². The predicted octanol–water partition coefficient (Wildman–Crippen LogP) is 2.77. The van der Waals surface area contributed by atoms with Crippen LogP contribution in [-0.4, -0.2) is 55.5 Å². The molecule has 0 radical (unpaired) electrons. The van der Waals surface area contributed by atoms with Crippen LogP contribution >= 0.6 is 24.0 Å². The van der Waals surface area contributed by atoms with Gasteiger partial charge in [0.1, 0.15) is 0 Å². The van der Waals surface area contributed by atoms with Crippen LogP contribution < -0.4 is 5.73 Å². The van der Waals surface area contributed by atoms with Crippen molar-refractivity contribution in [1.82, 2.24) is 9.80 Å². The van der Waals surface area contributed by atoms with E-state index < -0.39 is 0 Å². The number of halogens is 1. The summed E-state index contributed by atoms with van der Waals surface area (Å²) < 4.78 is 0. The topological polar surface area (TPSA) is 44.9 Å². The molecule has 1 atom stereocenters. The zero-order valence-corrected chi connectivity index (χ0v) is 16.0. The molecule has 2 N–H and O–H groups in total. The fourth-order valence-electron chi connectivity index (χ4n) is 2.59. The minimum atomic E-state index is 0. The molecule has 5 heteroatoms. The van der Waals surface area contributed by atoms with Gasteiger partial charge in [-0.2, -0.15) is 0 Å². The first kappa shape index (κ1) is 20.0. The molecule has 1 unspecified atom stereocenters. The number of hydrogen-bond acceptors (Lipinski definition) is 2. The van der Waals surface area contributed by atoms with Crippen molar-refractivity contribution in [2.75, 3.05) is 33.7 Å². The fraction of sp³-hybridized carbons (Fsp3) is 0.933. The highest BCUT2D eigenvalue weighted by Crippen LogP contribution is 2.11. The molecule has 0 aromatic carbocycles. The molecule has 1 aliphatic heterocycles. The van der Waals surface area contributed by atoms with Gasteiger partial charge in [0, 0.05) is 19.1 Å². The van der Waals surface area contributed by atoms with Crippen LogP contribution in [0.5, 0.6) is 0 Å². The van der Waals surface area contributed by atoms with Gasteiger partial charge in [0.2, 0.25) is 0 Å². The van der Waals surface area contributed by atoms with Crippen LogP contribution in [0.3, 0.4) is 0 Å². The smallest absolute Gasteiger partial charge is 0.191 e. The molecule has 0 amide bonds. The SMILES string of the molecule is CC(C)CC(CN=C(N)N1CCCCCC1)N(C)C.I. The molecule has 1 heterocycles. The number of aliphatic imine (C=N–C) groups is 1. The normalized spacial score (nSPS) is 18.9. The first-order chi connectivity index (χ1) is 9.00. The molecule has 120 valence electrons. The summed E-state index contributed by atoms with van der Waals surface area (Å²) in [6.45, 7) is 7.49. The van der Waals surface area contributed by atoms with Gasteiger partial charge in [-0.3, -0.25) is 4.99 Å². The van der Waals surface area contributed by atoms with Gasteiger partial charge in [-0.15, -0.1) is 24.0 Å². The highest BCUT2D eigenvalue weighted by Gasteiger charge is 2.15. The third kappa shape index (κ3) is 7.67. The Bertz CT molecular complexity index is 271. The number of rotatable bonds is 5. The summed E-state index contributed by atoms with van der Waals surface area (Å²) in [5.41, 5.74) is 6.15. The summed E-state index contributed by atoms with van der Waals surface area (Å²) >= 11 is 0. The van der Waals surface area contributed by atoms with Gasteiger partial charge in [0.25, 0.3) is 0 Å². The molecule has 1 aliphatic rings. The number of likely N-dealkylation sites (N-methyl/N-ethyl adjacent to an activating group) is 1. The maximum absolute atomic E-state index is 6.15. The summed E-state index contributed by atoms with van der Waals surface area (Å²) in [6.07, 6.45) is 6.33. The van der Waals surface area contributed by atoms with Crippen molar-refractivity contribution in [3.05, 3.63) is 0 Å². The summed E-state index contributed by atoms with van der Waals surface area (Å²) in [5, 5.41) is 0. The zero-order valence-electron chi connectivity index (χ0n) is 13.6. The Morgan fingerprint density at radius 3 is 2.15 bits per heavy atom. The van der Waals surface area contributed by atoms with Gasteiger partial charge in [0.15, 0.2) is 5.96 Å². The lowest BCUT2D eigenvalue weighted by Crippen LogP contribution is -2.40. The van der Waals surface area contributed by atoms with Crippen LogP contribution in [0.1, 0.15) is 46.0 Å². The Balaban J connectivity index is 0.00000361. The average molecular weight is 396 g/mol. The molecule has 1 fully saturated rings. The summed E-state index contributed by atoms with van der Waals surface area (Å²) in [7, 11) is 4.26. The minimum Gasteiger partial charge on any atom is -0.370 e. The van der Waals surface area contributed by atoms with Crippen molar-refractivity contribution in [3.8, 4) is 0 Å². The second kappa shape index (κ2) is 10.7. The number of guanidine groups is 1. The molecule has 20 heavy (non-hydrogen) atoms. The molecular formula is C15H33IN4. The van der Waals surface area contributed by atoms with E-state index in [2.05, 4.69) is 42.7 Å². The molecule has 0 aromatic heterocycles. The Kier molecular flexibility index (Phi) is 10.6. The van der Waals surface area contributed by atoms with Crippen molar-refractivity contribution >= 4 is 29.9 Å². The van der Waals surface area contributed by atoms with Crippen LogP contribution in [0, 0.1) is 5.92 Å². The van der Waals surface area contributed by atoms with Crippen molar-refractivity contribution < 1.29 is 0 Å².